The molecular formula is C18H9Cl3N2O2. The summed E-state index contributed by atoms with van der Waals surface area (Å²) in [5.74, 6) is -0.411. The number of benzene rings is 2. The van der Waals surface area contributed by atoms with Crippen molar-refractivity contribution in [2.24, 2.45) is 0 Å². The molecule has 1 aromatic heterocycles. The molecule has 4 rings (SSSR count). The number of hydrogen-bond acceptors (Lipinski definition) is 3. The van der Waals surface area contributed by atoms with Crippen LogP contribution in [-0.2, 0) is 0 Å². The molecule has 0 fully saturated rings. The van der Waals surface area contributed by atoms with Gasteiger partial charge in [-0.25, -0.2) is 4.98 Å². The van der Waals surface area contributed by atoms with Crippen molar-refractivity contribution in [3.8, 4) is 5.69 Å². The Labute approximate surface area is 158 Å². The quantitative estimate of drug-likeness (QED) is 0.462. The fourth-order valence-electron chi connectivity index (χ4n) is 2.94. The van der Waals surface area contributed by atoms with E-state index in [2.05, 4.69) is 4.98 Å². The highest BCUT2D eigenvalue weighted by Gasteiger charge is 2.37. The zero-order valence-corrected chi connectivity index (χ0v) is 14.8. The van der Waals surface area contributed by atoms with Crippen LogP contribution in [0.5, 0.6) is 0 Å². The average molecular weight is 392 g/mol. The van der Waals surface area contributed by atoms with Gasteiger partial charge in [-0.05, 0) is 24.3 Å². The first-order valence-electron chi connectivity index (χ1n) is 7.34. The first-order chi connectivity index (χ1) is 12.0. The van der Waals surface area contributed by atoms with Crippen LogP contribution in [0, 0.1) is 0 Å². The van der Waals surface area contributed by atoms with Gasteiger partial charge < -0.3 is 0 Å². The maximum absolute atomic E-state index is 13.0. The number of aromatic nitrogens is 2. The molecule has 0 saturated carbocycles. The van der Waals surface area contributed by atoms with Crippen molar-refractivity contribution in [3.05, 3.63) is 81.9 Å². The van der Waals surface area contributed by atoms with E-state index in [0.717, 1.165) is 0 Å². The molecule has 3 aromatic rings. The minimum absolute atomic E-state index is 0.0555. The Balaban J connectivity index is 2.03. The molecule has 124 valence electrons. The van der Waals surface area contributed by atoms with Gasteiger partial charge in [-0.3, -0.25) is 14.2 Å². The minimum Gasteiger partial charge on any atom is -0.290 e. The van der Waals surface area contributed by atoms with E-state index in [0.29, 0.717) is 21.8 Å². The van der Waals surface area contributed by atoms with Gasteiger partial charge in [-0.2, -0.15) is 0 Å². The summed E-state index contributed by atoms with van der Waals surface area (Å²) in [6, 6.07) is 13.4. The van der Waals surface area contributed by atoms with Gasteiger partial charge in [0.15, 0.2) is 4.84 Å². The van der Waals surface area contributed by atoms with Crippen molar-refractivity contribution in [1.29, 1.82) is 0 Å². The third-order valence-corrected chi connectivity index (χ3v) is 4.67. The third-order valence-electron chi connectivity index (χ3n) is 4.03. The predicted octanol–water partition coefficient (Wildman–Crippen LogP) is 4.78. The second-order valence-electron chi connectivity index (χ2n) is 5.48. The van der Waals surface area contributed by atoms with E-state index in [-0.39, 0.29) is 28.8 Å². The van der Waals surface area contributed by atoms with Gasteiger partial charge in [-0.1, -0.05) is 59.1 Å². The highest BCUT2D eigenvalue weighted by Crippen LogP contribution is 2.34. The van der Waals surface area contributed by atoms with Gasteiger partial charge in [0.1, 0.15) is 17.2 Å². The zero-order valence-electron chi connectivity index (χ0n) is 12.5. The van der Waals surface area contributed by atoms with Gasteiger partial charge in [0, 0.05) is 21.8 Å². The minimum atomic E-state index is -1.01. The Morgan fingerprint density at radius 2 is 1.48 bits per heavy atom. The summed E-state index contributed by atoms with van der Waals surface area (Å²) in [4.78, 5) is 29.1. The summed E-state index contributed by atoms with van der Waals surface area (Å²) in [5.41, 5.74) is 1.47. The van der Waals surface area contributed by atoms with Gasteiger partial charge in [0.05, 0.1) is 0 Å². The van der Waals surface area contributed by atoms with Crippen LogP contribution in [0.15, 0.2) is 48.5 Å². The van der Waals surface area contributed by atoms with Crippen molar-refractivity contribution < 1.29 is 9.59 Å². The van der Waals surface area contributed by atoms with Crippen molar-refractivity contribution in [3.63, 3.8) is 0 Å². The SMILES string of the molecule is O=C1c2ccccc2C(=O)c2c1nc(C(Cl)Cl)n2-c1ccc(Cl)cc1. The largest absolute Gasteiger partial charge is 0.290 e. The molecular weight excluding hydrogens is 383 g/mol. The summed E-state index contributed by atoms with van der Waals surface area (Å²) in [7, 11) is 0. The number of ketones is 2. The molecule has 4 nitrogen and oxygen atoms in total. The van der Waals surface area contributed by atoms with Crippen molar-refractivity contribution in [1.82, 2.24) is 9.55 Å². The molecule has 1 aliphatic carbocycles. The van der Waals surface area contributed by atoms with Crippen LogP contribution in [0.3, 0.4) is 0 Å². The molecule has 0 N–H and O–H groups in total. The number of carbonyl (C=O) groups excluding carboxylic acids is 2. The van der Waals surface area contributed by atoms with E-state index >= 15 is 0 Å². The maximum atomic E-state index is 13.0. The topological polar surface area (TPSA) is 52.0 Å². The van der Waals surface area contributed by atoms with Crippen LogP contribution < -0.4 is 0 Å². The van der Waals surface area contributed by atoms with E-state index in [1.54, 1.807) is 48.5 Å². The molecule has 0 amide bonds. The second-order valence-corrected chi connectivity index (χ2v) is 7.02. The lowest BCUT2D eigenvalue weighted by molar-refractivity contribution is 0.0972. The highest BCUT2D eigenvalue weighted by atomic mass is 35.5. The van der Waals surface area contributed by atoms with E-state index in [4.69, 9.17) is 34.8 Å². The molecule has 0 atom stereocenters. The van der Waals surface area contributed by atoms with Gasteiger partial charge in [-0.15, -0.1) is 0 Å². The van der Waals surface area contributed by atoms with Crippen molar-refractivity contribution in [2.75, 3.05) is 0 Å². The Hall–Kier alpha value is -2.14. The van der Waals surface area contributed by atoms with Crippen LogP contribution in [0.1, 0.15) is 42.8 Å². The third kappa shape index (κ3) is 2.49. The smallest absolute Gasteiger partial charge is 0.214 e. The highest BCUT2D eigenvalue weighted by molar-refractivity contribution is 6.44. The van der Waals surface area contributed by atoms with Gasteiger partial charge >= 0.3 is 0 Å². The number of hydrogen-bond donors (Lipinski definition) is 0. The van der Waals surface area contributed by atoms with E-state index < -0.39 is 4.84 Å². The number of imidazole rings is 1. The molecule has 25 heavy (non-hydrogen) atoms. The Bertz CT molecular complexity index is 1020. The summed E-state index contributed by atoms with van der Waals surface area (Å²) < 4.78 is 1.52. The van der Waals surface area contributed by atoms with Crippen molar-refractivity contribution >= 4 is 46.4 Å². The lowest BCUT2D eigenvalue weighted by Gasteiger charge is -2.16. The summed E-state index contributed by atoms with van der Waals surface area (Å²) >= 11 is 18.0. The van der Waals surface area contributed by atoms with E-state index in [1.165, 1.54) is 4.57 Å². The van der Waals surface area contributed by atoms with Crippen LogP contribution in [0.25, 0.3) is 5.69 Å². The standard InChI is InChI=1S/C18H9Cl3N2O2/c19-9-5-7-10(8-6-9)23-14-13(22-18(23)17(20)21)15(24)11-3-1-2-4-12(11)16(14)25/h1-8,17H. The number of nitrogens with zero attached hydrogens (tertiary/aromatic N) is 2. The fourth-order valence-corrected chi connectivity index (χ4v) is 3.36. The Morgan fingerprint density at radius 3 is 2.08 bits per heavy atom. The second kappa shape index (κ2) is 5.99. The molecule has 7 heteroatoms. The van der Waals surface area contributed by atoms with E-state index in [9.17, 15) is 9.59 Å². The van der Waals surface area contributed by atoms with Crippen molar-refractivity contribution in [2.45, 2.75) is 4.84 Å². The normalized spacial score (nSPS) is 13.1. The zero-order chi connectivity index (χ0) is 17.7. The molecule has 1 aliphatic rings. The predicted molar refractivity (Wildman–Crippen MR) is 96.3 cm³/mol. The number of carbonyl (C=O) groups is 2. The molecule has 2 aromatic carbocycles. The molecule has 1 heterocycles. The number of halogens is 3. The molecule has 0 spiro atoms. The summed E-state index contributed by atoms with van der Waals surface area (Å²) in [6.45, 7) is 0. The number of fused-ring (bicyclic) bond motifs is 2. The molecule has 0 unspecified atom stereocenters. The van der Waals surface area contributed by atoms with Gasteiger partial charge in [0.25, 0.3) is 0 Å². The van der Waals surface area contributed by atoms with Crippen LogP contribution >= 0.6 is 34.8 Å². The molecule has 0 aliphatic heterocycles. The first kappa shape index (κ1) is 16.3. The summed E-state index contributed by atoms with van der Waals surface area (Å²) in [6.07, 6.45) is 0. The average Bonchev–Trinajstić information content (AvgIpc) is 3.02. The molecule has 0 bridgehead atoms. The molecule has 0 radical (unpaired) electrons. The fraction of sp³-hybridized carbons (Fsp3) is 0.0556. The lowest BCUT2D eigenvalue weighted by atomic mass is 9.90. The van der Waals surface area contributed by atoms with Crippen LogP contribution in [0.2, 0.25) is 5.02 Å². The molecule has 0 saturated heterocycles. The maximum Gasteiger partial charge on any atom is 0.214 e. The Kier molecular flexibility index (Phi) is 3.91. The van der Waals surface area contributed by atoms with E-state index in [1.807, 2.05) is 0 Å². The monoisotopic (exact) mass is 390 g/mol. The van der Waals surface area contributed by atoms with Gasteiger partial charge in [0.2, 0.25) is 11.6 Å². The lowest BCUT2D eigenvalue weighted by Crippen LogP contribution is -2.23. The first-order valence-corrected chi connectivity index (χ1v) is 8.59. The van der Waals surface area contributed by atoms with Crippen LogP contribution in [-0.4, -0.2) is 21.1 Å². The number of rotatable bonds is 2. The number of alkyl halides is 2. The summed E-state index contributed by atoms with van der Waals surface area (Å²) in [5, 5.41) is 0.542. The van der Waals surface area contributed by atoms with Crippen LogP contribution in [0.4, 0.5) is 0 Å². The Morgan fingerprint density at radius 1 is 0.880 bits per heavy atom.